The van der Waals surface area contributed by atoms with Gasteiger partial charge in [-0.1, -0.05) is 15.9 Å². The van der Waals surface area contributed by atoms with Crippen molar-refractivity contribution in [3.63, 3.8) is 0 Å². The number of carbonyl (C=O) groups excluding carboxylic acids is 3. The predicted molar refractivity (Wildman–Crippen MR) is 120 cm³/mol. The molecule has 0 atom stereocenters. The molecule has 32 heavy (non-hydrogen) atoms. The van der Waals surface area contributed by atoms with Crippen LogP contribution in [0.25, 0.3) is 17.4 Å². The first-order valence-electron chi connectivity index (χ1n) is 9.43. The number of rotatable bonds is 5. The highest BCUT2D eigenvalue weighted by Crippen LogP contribution is 2.24. The van der Waals surface area contributed by atoms with Crippen molar-refractivity contribution in [3.8, 4) is 17.4 Å². The van der Waals surface area contributed by atoms with Crippen molar-refractivity contribution in [2.24, 2.45) is 0 Å². The average molecular weight is 491 g/mol. The SMILES string of the molecule is N#Cc1ccc(-c2ccc(/C=C3\NC(=O)N(CC(=O)Nc4ccc(Br)cc4)C3=O)o2)cc1. The fourth-order valence-electron chi connectivity index (χ4n) is 3.03. The first-order chi connectivity index (χ1) is 15.4. The van der Waals surface area contributed by atoms with Crippen molar-refractivity contribution in [2.45, 2.75) is 0 Å². The molecular formula is C23H15BrN4O4. The van der Waals surface area contributed by atoms with Crippen LogP contribution in [-0.2, 0) is 9.59 Å². The van der Waals surface area contributed by atoms with Gasteiger partial charge in [0.25, 0.3) is 5.91 Å². The summed E-state index contributed by atoms with van der Waals surface area (Å²) in [5.41, 5.74) is 1.85. The van der Waals surface area contributed by atoms with Gasteiger partial charge in [0.05, 0.1) is 11.6 Å². The average Bonchev–Trinajstić information content (AvgIpc) is 3.36. The summed E-state index contributed by atoms with van der Waals surface area (Å²) in [5, 5.41) is 14.0. The van der Waals surface area contributed by atoms with Crippen molar-refractivity contribution >= 4 is 45.5 Å². The van der Waals surface area contributed by atoms with Gasteiger partial charge < -0.3 is 15.1 Å². The number of nitriles is 1. The Hall–Kier alpha value is -4.16. The molecule has 1 fully saturated rings. The molecule has 0 aliphatic carbocycles. The molecule has 1 aromatic heterocycles. The molecular weight excluding hydrogens is 476 g/mol. The predicted octanol–water partition coefficient (Wildman–Crippen LogP) is 4.11. The molecule has 9 heteroatoms. The fraction of sp³-hybridized carbons (Fsp3) is 0.0435. The van der Waals surface area contributed by atoms with Crippen LogP contribution in [0.5, 0.6) is 0 Å². The normalized spacial score (nSPS) is 14.4. The number of nitrogens with zero attached hydrogens (tertiary/aromatic N) is 2. The van der Waals surface area contributed by atoms with Crippen molar-refractivity contribution < 1.29 is 18.8 Å². The van der Waals surface area contributed by atoms with Gasteiger partial charge in [-0.15, -0.1) is 0 Å². The minimum absolute atomic E-state index is 0.00664. The zero-order chi connectivity index (χ0) is 22.7. The third-order valence-electron chi connectivity index (χ3n) is 4.60. The Balaban J connectivity index is 1.44. The third-order valence-corrected chi connectivity index (χ3v) is 5.13. The maximum absolute atomic E-state index is 12.6. The second kappa shape index (κ2) is 8.91. The van der Waals surface area contributed by atoms with Gasteiger partial charge in [-0.25, -0.2) is 9.69 Å². The van der Waals surface area contributed by atoms with E-state index in [1.807, 2.05) is 6.07 Å². The first-order valence-corrected chi connectivity index (χ1v) is 10.2. The Morgan fingerprint density at radius 1 is 1.09 bits per heavy atom. The number of furan rings is 1. The summed E-state index contributed by atoms with van der Waals surface area (Å²) >= 11 is 3.31. The van der Waals surface area contributed by atoms with Crippen LogP contribution in [0.1, 0.15) is 11.3 Å². The fourth-order valence-corrected chi connectivity index (χ4v) is 3.29. The minimum Gasteiger partial charge on any atom is -0.457 e. The third kappa shape index (κ3) is 4.61. The summed E-state index contributed by atoms with van der Waals surface area (Å²) in [6.45, 7) is -0.424. The summed E-state index contributed by atoms with van der Waals surface area (Å²) in [4.78, 5) is 37.9. The molecule has 0 bridgehead atoms. The molecule has 0 spiro atoms. The number of urea groups is 1. The highest BCUT2D eigenvalue weighted by Gasteiger charge is 2.35. The summed E-state index contributed by atoms with van der Waals surface area (Å²) in [5.74, 6) is -0.228. The Labute approximate surface area is 191 Å². The largest absolute Gasteiger partial charge is 0.457 e. The Bertz CT molecular complexity index is 1270. The van der Waals surface area contributed by atoms with Crippen LogP contribution in [0.15, 0.2) is 75.3 Å². The summed E-state index contributed by atoms with van der Waals surface area (Å²) in [6.07, 6.45) is 1.40. The van der Waals surface area contributed by atoms with Gasteiger partial charge in [-0.3, -0.25) is 9.59 Å². The molecule has 4 rings (SSSR count). The summed E-state index contributed by atoms with van der Waals surface area (Å²) in [6, 6.07) is 18.5. The number of benzene rings is 2. The maximum atomic E-state index is 12.6. The smallest absolute Gasteiger partial charge is 0.329 e. The number of hydrogen-bond donors (Lipinski definition) is 2. The molecule has 2 N–H and O–H groups in total. The van der Waals surface area contributed by atoms with Gasteiger partial charge in [0.1, 0.15) is 23.8 Å². The topological polar surface area (TPSA) is 115 Å². The second-order valence-corrected chi connectivity index (χ2v) is 7.74. The van der Waals surface area contributed by atoms with Gasteiger partial charge >= 0.3 is 6.03 Å². The second-order valence-electron chi connectivity index (χ2n) is 6.83. The highest BCUT2D eigenvalue weighted by atomic mass is 79.9. The van der Waals surface area contributed by atoms with Crippen molar-refractivity contribution in [1.82, 2.24) is 10.2 Å². The number of hydrogen-bond acceptors (Lipinski definition) is 5. The molecule has 158 valence electrons. The molecule has 8 nitrogen and oxygen atoms in total. The minimum atomic E-state index is -0.689. The van der Waals surface area contributed by atoms with Crippen molar-refractivity contribution in [1.29, 1.82) is 5.26 Å². The van der Waals surface area contributed by atoms with Crippen molar-refractivity contribution in [3.05, 3.63) is 82.2 Å². The first kappa shape index (κ1) is 21.1. The lowest BCUT2D eigenvalue weighted by Gasteiger charge is -2.11. The number of anilines is 1. The van der Waals surface area contributed by atoms with Crippen LogP contribution < -0.4 is 10.6 Å². The van der Waals surface area contributed by atoms with Crippen molar-refractivity contribution in [2.75, 3.05) is 11.9 Å². The van der Waals surface area contributed by atoms with E-state index in [-0.39, 0.29) is 5.70 Å². The van der Waals surface area contributed by atoms with Gasteiger partial charge in [-0.05, 0) is 60.7 Å². The lowest BCUT2D eigenvalue weighted by Crippen LogP contribution is -2.38. The molecule has 1 aliphatic heterocycles. The number of halogens is 1. The number of nitrogens with one attached hydrogen (secondary N) is 2. The van der Waals surface area contributed by atoms with E-state index in [0.29, 0.717) is 22.8 Å². The number of imide groups is 1. The Morgan fingerprint density at radius 2 is 1.81 bits per heavy atom. The van der Waals surface area contributed by atoms with Crippen LogP contribution in [0.4, 0.5) is 10.5 Å². The summed E-state index contributed by atoms with van der Waals surface area (Å²) < 4.78 is 6.59. The molecule has 1 saturated heterocycles. The van der Waals surface area contributed by atoms with E-state index in [1.54, 1.807) is 60.7 Å². The Morgan fingerprint density at radius 3 is 2.50 bits per heavy atom. The van der Waals surface area contributed by atoms with E-state index in [2.05, 4.69) is 26.6 Å². The van der Waals surface area contributed by atoms with Crippen LogP contribution in [-0.4, -0.2) is 29.3 Å². The van der Waals surface area contributed by atoms with E-state index in [0.717, 1.165) is 14.9 Å². The molecule has 2 aromatic carbocycles. The number of amides is 4. The maximum Gasteiger partial charge on any atom is 0.329 e. The van der Waals surface area contributed by atoms with Crippen LogP contribution in [0.3, 0.4) is 0 Å². The van der Waals surface area contributed by atoms with Crippen LogP contribution >= 0.6 is 15.9 Å². The van der Waals surface area contributed by atoms with Crippen LogP contribution in [0, 0.1) is 11.3 Å². The molecule has 4 amide bonds. The van der Waals surface area contributed by atoms with Gasteiger partial charge in [-0.2, -0.15) is 5.26 Å². The zero-order valence-electron chi connectivity index (χ0n) is 16.5. The standard InChI is InChI=1S/C23H15BrN4O4/c24-16-5-7-17(8-6-16)26-21(29)13-28-22(30)19(27-23(28)31)11-18-9-10-20(32-18)15-3-1-14(12-25)2-4-15/h1-11H,13H2,(H,26,29)(H,27,31)/b19-11-. The van der Waals surface area contributed by atoms with E-state index < -0.39 is 24.4 Å². The molecule has 0 saturated carbocycles. The van der Waals surface area contributed by atoms with Gasteiger partial charge in [0.2, 0.25) is 5.91 Å². The molecule has 0 radical (unpaired) electrons. The Kier molecular flexibility index (Phi) is 5.87. The van der Waals surface area contributed by atoms with E-state index in [1.165, 1.54) is 6.08 Å². The van der Waals surface area contributed by atoms with E-state index >= 15 is 0 Å². The quantitative estimate of drug-likeness (QED) is 0.412. The summed E-state index contributed by atoms with van der Waals surface area (Å²) in [7, 11) is 0. The lowest BCUT2D eigenvalue weighted by molar-refractivity contribution is -0.127. The van der Waals surface area contributed by atoms with Gasteiger partial charge in [0, 0.05) is 21.8 Å². The monoisotopic (exact) mass is 490 g/mol. The molecule has 2 heterocycles. The van der Waals surface area contributed by atoms with Crippen LogP contribution in [0.2, 0.25) is 0 Å². The van der Waals surface area contributed by atoms with E-state index in [9.17, 15) is 14.4 Å². The number of carbonyl (C=O) groups is 3. The molecule has 1 aliphatic rings. The molecule has 0 unspecified atom stereocenters. The zero-order valence-corrected chi connectivity index (χ0v) is 18.0. The highest BCUT2D eigenvalue weighted by molar-refractivity contribution is 9.10. The van der Waals surface area contributed by atoms with Gasteiger partial charge in [0.15, 0.2) is 0 Å². The van der Waals surface area contributed by atoms with E-state index in [4.69, 9.17) is 9.68 Å². The molecule has 3 aromatic rings. The lowest BCUT2D eigenvalue weighted by atomic mass is 10.1.